The summed E-state index contributed by atoms with van der Waals surface area (Å²) in [6.45, 7) is 1.73. The van der Waals surface area contributed by atoms with Crippen LogP contribution in [0.4, 0.5) is 5.82 Å². The smallest absolute Gasteiger partial charge is 0.148 e. The van der Waals surface area contributed by atoms with E-state index in [1.807, 2.05) is 12.1 Å². The minimum absolute atomic E-state index is 0.349. The van der Waals surface area contributed by atoms with Gasteiger partial charge in [-0.25, -0.2) is 0 Å². The third kappa shape index (κ3) is 2.39. The second-order valence-electron chi connectivity index (χ2n) is 3.12. The van der Waals surface area contributed by atoms with Crippen molar-refractivity contribution in [1.29, 1.82) is 0 Å². The van der Waals surface area contributed by atoms with Gasteiger partial charge in [0.25, 0.3) is 0 Å². The molecular formula is C9H13N3O. The van der Waals surface area contributed by atoms with Crippen LogP contribution in [-0.2, 0) is 4.74 Å². The highest BCUT2D eigenvalue weighted by Crippen LogP contribution is 2.12. The molecule has 4 nitrogen and oxygen atoms in total. The van der Waals surface area contributed by atoms with E-state index < -0.39 is 0 Å². The van der Waals surface area contributed by atoms with Crippen molar-refractivity contribution in [3.63, 3.8) is 0 Å². The summed E-state index contributed by atoms with van der Waals surface area (Å²) in [6, 6.07) is 3.77. The van der Waals surface area contributed by atoms with Gasteiger partial charge < -0.3 is 10.1 Å². The Morgan fingerprint density at radius 3 is 3.31 bits per heavy atom. The van der Waals surface area contributed by atoms with Crippen LogP contribution in [0, 0.1) is 0 Å². The molecule has 0 radical (unpaired) electrons. The molecule has 13 heavy (non-hydrogen) atoms. The molecule has 4 heteroatoms. The predicted molar refractivity (Wildman–Crippen MR) is 49.5 cm³/mol. The Morgan fingerprint density at radius 1 is 1.62 bits per heavy atom. The van der Waals surface area contributed by atoms with E-state index in [2.05, 4.69) is 15.5 Å². The number of hydrogen-bond acceptors (Lipinski definition) is 4. The Kier molecular flexibility index (Phi) is 2.72. The van der Waals surface area contributed by atoms with Crippen LogP contribution in [0.2, 0.25) is 0 Å². The molecule has 0 spiro atoms. The van der Waals surface area contributed by atoms with Gasteiger partial charge >= 0.3 is 0 Å². The van der Waals surface area contributed by atoms with E-state index >= 15 is 0 Å². The average Bonchev–Trinajstić information content (AvgIpc) is 2.69. The molecule has 1 unspecified atom stereocenters. The van der Waals surface area contributed by atoms with Gasteiger partial charge in [-0.1, -0.05) is 0 Å². The molecule has 2 heterocycles. The van der Waals surface area contributed by atoms with Crippen molar-refractivity contribution in [2.24, 2.45) is 0 Å². The molecule has 1 aliphatic rings. The number of ether oxygens (including phenoxy) is 1. The molecule has 0 saturated carbocycles. The van der Waals surface area contributed by atoms with Crippen molar-refractivity contribution >= 4 is 5.82 Å². The fourth-order valence-electron chi connectivity index (χ4n) is 1.42. The van der Waals surface area contributed by atoms with Crippen LogP contribution in [0.25, 0.3) is 0 Å². The van der Waals surface area contributed by atoms with E-state index in [1.54, 1.807) is 6.20 Å². The van der Waals surface area contributed by atoms with Crippen molar-refractivity contribution in [2.75, 3.05) is 18.5 Å². The van der Waals surface area contributed by atoms with Crippen molar-refractivity contribution in [1.82, 2.24) is 10.2 Å². The van der Waals surface area contributed by atoms with Crippen LogP contribution in [-0.4, -0.2) is 29.5 Å². The molecule has 1 aliphatic heterocycles. The SMILES string of the molecule is c1cnnc(NCC2CCCO2)c1. The first-order valence-electron chi connectivity index (χ1n) is 4.58. The van der Waals surface area contributed by atoms with Gasteiger partial charge in [0, 0.05) is 19.3 Å². The molecule has 0 bridgehead atoms. The first-order valence-corrected chi connectivity index (χ1v) is 4.58. The monoisotopic (exact) mass is 179 g/mol. The van der Waals surface area contributed by atoms with E-state index in [0.29, 0.717) is 6.10 Å². The zero-order valence-corrected chi connectivity index (χ0v) is 7.44. The van der Waals surface area contributed by atoms with Crippen LogP contribution < -0.4 is 5.32 Å². The zero-order chi connectivity index (χ0) is 8.93. The summed E-state index contributed by atoms with van der Waals surface area (Å²) in [4.78, 5) is 0. The molecule has 1 fully saturated rings. The lowest BCUT2D eigenvalue weighted by atomic mass is 10.2. The maximum absolute atomic E-state index is 5.46. The molecule has 0 amide bonds. The van der Waals surface area contributed by atoms with Gasteiger partial charge in [0.15, 0.2) is 0 Å². The van der Waals surface area contributed by atoms with Crippen LogP contribution in [0.1, 0.15) is 12.8 Å². The van der Waals surface area contributed by atoms with Crippen molar-refractivity contribution in [2.45, 2.75) is 18.9 Å². The summed E-state index contributed by atoms with van der Waals surface area (Å²) >= 11 is 0. The fourth-order valence-corrected chi connectivity index (χ4v) is 1.42. The van der Waals surface area contributed by atoms with Crippen LogP contribution in [0.15, 0.2) is 18.3 Å². The maximum atomic E-state index is 5.46. The van der Waals surface area contributed by atoms with Gasteiger partial charge in [-0.05, 0) is 25.0 Å². The summed E-state index contributed by atoms with van der Waals surface area (Å²) in [5, 5.41) is 10.9. The van der Waals surface area contributed by atoms with Crippen molar-refractivity contribution < 1.29 is 4.74 Å². The first-order chi connectivity index (χ1) is 6.45. The van der Waals surface area contributed by atoms with Gasteiger partial charge in [-0.15, -0.1) is 5.10 Å². The van der Waals surface area contributed by atoms with Crippen LogP contribution >= 0.6 is 0 Å². The summed E-state index contributed by atoms with van der Waals surface area (Å²) in [5.74, 6) is 0.818. The lowest BCUT2D eigenvalue weighted by Gasteiger charge is -2.09. The highest BCUT2D eigenvalue weighted by molar-refractivity contribution is 5.31. The molecular weight excluding hydrogens is 166 g/mol. The van der Waals surface area contributed by atoms with Crippen molar-refractivity contribution in [3.8, 4) is 0 Å². The third-order valence-corrected chi connectivity index (χ3v) is 2.11. The standard InChI is InChI=1S/C9H13N3O/c1-4-9(12-11-5-1)10-7-8-3-2-6-13-8/h1,4-5,8H,2-3,6-7H2,(H,10,12). The molecule has 1 aromatic heterocycles. The second-order valence-corrected chi connectivity index (χ2v) is 3.12. The molecule has 1 aromatic rings. The Morgan fingerprint density at radius 2 is 2.62 bits per heavy atom. The second kappa shape index (κ2) is 4.18. The highest BCUT2D eigenvalue weighted by atomic mass is 16.5. The number of aromatic nitrogens is 2. The highest BCUT2D eigenvalue weighted by Gasteiger charge is 2.14. The normalized spacial score (nSPS) is 21.7. The maximum Gasteiger partial charge on any atom is 0.148 e. The summed E-state index contributed by atoms with van der Waals surface area (Å²) < 4.78 is 5.46. The van der Waals surface area contributed by atoms with Crippen LogP contribution in [0.3, 0.4) is 0 Å². The third-order valence-electron chi connectivity index (χ3n) is 2.11. The zero-order valence-electron chi connectivity index (χ0n) is 7.44. The first kappa shape index (κ1) is 8.44. The number of nitrogens with zero attached hydrogens (tertiary/aromatic N) is 2. The van der Waals surface area contributed by atoms with Gasteiger partial charge in [0.05, 0.1) is 6.10 Å². The summed E-state index contributed by atoms with van der Waals surface area (Å²) in [6.07, 6.45) is 4.33. The summed E-state index contributed by atoms with van der Waals surface area (Å²) in [7, 11) is 0. The Balaban J connectivity index is 1.79. The molecule has 0 aromatic carbocycles. The number of rotatable bonds is 3. The van der Waals surface area contributed by atoms with Gasteiger partial charge in [0.1, 0.15) is 5.82 Å². The largest absolute Gasteiger partial charge is 0.376 e. The van der Waals surface area contributed by atoms with Crippen LogP contribution in [0.5, 0.6) is 0 Å². The topological polar surface area (TPSA) is 47.0 Å². The number of hydrogen-bond donors (Lipinski definition) is 1. The van der Waals surface area contributed by atoms with E-state index in [9.17, 15) is 0 Å². The predicted octanol–water partition coefficient (Wildman–Crippen LogP) is 1.07. The lowest BCUT2D eigenvalue weighted by Crippen LogP contribution is -2.18. The molecule has 0 aliphatic carbocycles. The number of nitrogens with one attached hydrogen (secondary N) is 1. The van der Waals surface area contributed by atoms with Gasteiger partial charge in [-0.3, -0.25) is 0 Å². The minimum Gasteiger partial charge on any atom is -0.376 e. The van der Waals surface area contributed by atoms with E-state index in [0.717, 1.165) is 25.4 Å². The van der Waals surface area contributed by atoms with E-state index in [1.165, 1.54) is 6.42 Å². The Hall–Kier alpha value is -1.16. The number of anilines is 1. The minimum atomic E-state index is 0.349. The molecule has 2 rings (SSSR count). The van der Waals surface area contributed by atoms with E-state index in [-0.39, 0.29) is 0 Å². The lowest BCUT2D eigenvalue weighted by molar-refractivity contribution is 0.120. The Labute approximate surface area is 77.3 Å². The quantitative estimate of drug-likeness (QED) is 0.754. The summed E-state index contributed by atoms with van der Waals surface area (Å²) in [5.41, 5.74) is 0. The van der Waals surface area contributed by atoms with Gasteiger partial charge in [0.2, 0.25) is 0 Å². The van der Waals surface area contributed by atoms with E-state index in [4.69, 9.17) is 4.74 Å². The molecule has 1 atom stereocenters. The average molecular weight is 179 g/mol. The molecule has 1 saturated heterocycles. The van der Waals surface area contributed by atoms with Gasteiger partial charge in [-0.2, -0.15) is 5.10 Å². The molecule has 70 valence electrons. The fraction of sp³-hybridized carbons (Fsp3) is 0.556. The van der Waals surface area contributed by atoms with Crippen molar-refractivity contribution in [3.05, 3.63) is 18.3 Å². The Bertz CT molecular complexity index is 246. The molecule has 1 N–H and O–H groups in total.